The summed E-state index contributed by atoms with van der Waals surface area (Å²) in [6.45, 7) is 0. The molecule has 74 valence electrons. The number of fused-ring (bicyclic) bond motifs is 3. The van der Waals surface area contributed by atoms with Gasteiger partial charge in [-0.1, -0.05) is 0 Å². The molecule has 0 aliphatic carbocycles. The number of benzene rings is 1. The fourth-order valence-corrected chi connectivity index (χ4v) is 1.81. The molecule has 2 aromatic heterocycles. The third-order valence-corrected chi connectivity index (χ3v) is 2.49. The number of aromatic amines is 2. The predicted molar refractivity (Wildman–Crippen MR) is 58.1 cm³/mol. The average Bonchev–Trinajstić information content (AvgIpc) is 2.56. The Bertz CT molecular complexity index is 709. The molecule has 3 aromatic rings. The summed E-state index contributed by atoms with van der Waals surface area (Å²) in [5.41, 5.74) is 1.61. The number of rotatable bonds is 0. The van der Waals surface area contributed by atoms with E-state index >= 15 is 0 Å². The van der Waals surface area contributed by atoms with Crippen molar-refractivity contribution in [1.29, 1.82) is 0 Å². The second kappa shape index (κ2) is 2.63. The highest BCUT2D eigenvalue weighted by molar-refractivity contribution is 6.07. The maximum absolute atomic E-state index is 11.2. The Labute approximate surface area is 84.2 Å². The van der Waals surface area contributed by atoms with Crippen molar-refractivity contribution in [1.82, 2.24) is 9.97 Å². The standard InChI is InChI=1S/C11H8N2O2/c14-6-1-2-9-7(3-6)8-4-11(15)12-5-10(8)13-9/h1-5,13-14H,(H,12,15). The molecule has 0 aliphatic heterocycles. The number of pyridine rings is 1. The summed E-state index contributed by atoms with van der Waals surface area (Å²) in [4.78, 5) is 16.9. The largest absolute Gasteiger partial charge is 0.508 e. The number of nitrogens with one attached hydrogen (secondary N) is 2. The maximum Gasteiger partial charge on any atom is 0.248 e. The zero-order valence-electron chi connectivity index (χ0n) is 7.74. The molecule has 0 aliphatic rings. The second-order valence-electron chi connectivity index (χ2n) is 3.48. The van der Waals surface area contributed by atoms with Crippen LogP contribution >= 0.6 is 0 Å². The van der Waals surface area contributed by atoms with Gasteiger partial charge in [0.15, 0.2) is 0 Å². The Hall–Kier alpha value is -2.23. The Balaban J connectivity index is 2.60. The number of phenolic OH excluding ortho intramolecular Hbond substituents is 1. The first-order valence-corrected chi connectivity index (χ1v) is 4.57. The van der Waals surface area contributed by atoms with Gasteiger partial charge in [-0.2, -0.15) is 0 Å². The highest BCUT2D eigenvalue weighted by atomic mass is 16.3. The molecule has 0 bridgehead atoms. The predicted octanol–water partition coefficient (Wildman–Crippen LogP) is 1.71. The highest BCUT2D eigenvalue weighted by Crippen LogP contribution is 2.26. The second-order valence-corrected chi connectivity index (χ2v) is 3.48. The Morgan fingerprint density at radius 1 is 1.07 bits per heavy atom. The van der Waals surface area contributed by atoms with Crippen LogP contribution in [0.3, 0.4) is 0 Å². The summed E-state index contributed by atoms with van der Waals surface area (Å²) in [5.74, 6) is 0.198. The molecule has 3 rings (SSSR count). The van der Waals surface area contributed by atoms with E-state index in [9.17, 15) is 9.90 Å². The van der Waals surface area contributed by atoms with Crippen LogP contribution in [0.15, 0.2) is 35.3 Å². The normalized spacial score (nSPS) is 11.2. The quantitative estimate of drug-likeness (QED) is 0.517. The van der Waals surface area contributed by atoms with E-state index in [4.69, 9.17) is 0 Å². The van der Waals surface area contributed by atoms with Gasteiger partial charge in [0.05, 0.1) is 5.52 Å². The average molecular weight is 200 g/mol. The molecule has 0 saturated carbocycles. The van der Waals surface area contributed by atoms with E-state index in [1.54, 1.807) is 24.4 Å². The number of phenols is 1. The van der Waals surface area contributed by atoms with Gasteiger partial charge in [0.2, 0.25) is 5.56 Å². The molecule has 0 fully saturated rings. The topological polar surface area (TPSA) is 68.9 Å². The monoisotopic (exact) mass is 200 g/mol. The minimum atomic E-state index is -0.147. The third kappa shape index (κ3) is 1.11. The first-order valence-electron chi connectivity index (χ1n) is 4.57. The molecule has 4 nitrogen and oxygen atoms in total. The summed E-state index contributed by atoms with van der Waals surface area (Å²) >= 11 is 0. The van der Waals surface area contributed by atoms with Crippen molar-refractivity contribution in [3.8, 4) is 5.75 Å². The number of aromatic hydroxyl groups is 1. The molecular weight excluding hydrogens is 192 g/mol. The number of hydrogen-bond acceptors (Lipinski definition) is 2. The van der Waals surface area contributed by atoms with E-state index in [0.717, 1.165) is 21.8 Å². The number of aromatic nitrogens is 2. The zero-order valence-corrected chi connectivity index (χ0v) is 7.74. The third-order valence-electron chi connectivity index (χ3n) is 2.49. The lowest BCUT2D eigenvalue weighted by Crippen LogP contribution is -2.00. The van der Waals surface area contributed by atoms with Crippen LogP contribution in [-0.4, -0.2) is 15.1 Å². The van der Waals surface area contributed by atoms with Crippen molar-refractivity contribution >= 4 is 21.8 Å². The lowest BCUT2D eigenvalue weighted by Gasteiger charge is -1.91. The molecule has 0 atom stereocenters. The van der Waals surface area contributed by atoms with Crippen LogP contribution in [0.1, 0.15) is 0 Å². The first kappa shape index (κ1) is 8.11. The van der Waals surface area contributed by atoms with Crippen molar-refractivity contribution in [2.45, 2.75) is 0 Å². The van der Waals surface area contributed by atoms with Crippen LogP contribution in [0, 0.1) is 0 Å². The van der Waals surface area contributed by atoms with E-state index in [2.05, 4.69) is 9.97 Å². The molecule has 1 aromatic carbocycles. The van der Waals surface area contributed by atoms with Crippen LogP contribution in [0.5, 0.6) is 5.75 Å². The number of hydrogen-bond donors (Lipinski definition) is 3. The maximum atomic E-state index is 11.2. The molecule has 0 spiro atoms. The van der Waals surface area contributed by atoms with E-state index in [1.807, 2.05) is 0 Å². The summed E-state index contributed by atoms with van der Waals surface area (Å²) in [5, 5.41) is 11.1. The smallest absolute Gasteiger partial charge is 0.248 e. The molecule has 0 saturated heterocycles. The zero-order chi connectivity index (χ0) is 10.4. The van der Waals surface area contributed by atoms with Crippen LogP contribution in [0.4, 0.5) is 0 Å². The van der Waals surface area contributed by atoms with E-state index in [0.29, 0.717) is 0 Å². The highest BCUT2D eigenvalue weighted by Gasteiger charge is 2.04. The van der Waals surface area contributed by atoms with Crippen molar-refractivity contribution in [2.24, 2.45) is 0 Å². The summed E-state index contributed by atoms with van der Waals surface area (Å²) in [7, 11) is 0. The SMILES string of the molecule is O=c1cc2c(c[nH]1)[nH]c1ccc(O)cc12. The summed E-state index contributed by atoms with van der Waals surface area (Å²) in [6, 6.07) is 6.57. The van der Waals surface area contributed by atoms with Gasteiger partial charge in [-0.25, -0.2) is 0 Å². The van der Waals surface area contributed by atoms with Gasteiger partial charge >= 0.3 is 0 Å². The van der Waals surface area contributed by atoms with Gasteiger partial charge in [0, 0.05) is 28.6 Å². The van der Waals surface area contributed by atoms with Crippen molar-refractivity contribution in [3.05, 3.63) is 40.8 Å². The molecule has 2 heterocycles. The van der Waals surface area contributed by atoms with Crippen molar-refractivity contribution in [2.75, 3.05) is 0 Å². The van der Waals surface area contributed by atoms with Crippen LogP contribution < -0.4 is 5.56 Å². The van der Waals surface area contributed by atoms with Gasteiger partial charge in [0.25, 0.3) is 0 Å². The van der Waals surface area contributed by atoms with Crippen LogP contribution in [0.25, 0.3) is 21.8 Å². The summed E-state index contributed by atoms with van der Waals surface area (Å²) in [6.07, 6.45) is 1.63. The van der Waals surface area contributed by atoms with Crippen molar-refractivity contribution in [3.63, 3.8) is 0 Å². The first-order chi connectivity index (χ1) is 7.24. The molecule has 0 amide bonds. The van der Waals surface area contributed by atoms with Crippen molar-refractivity contribution < 1.29 is 5.11 Å². The van der Waals surface area contributed by atoms with Gasteiger partial charge in [-0.05, 0) is 18.2 Å². The Morgan fingerprint density at radius 2 is 1.87 bits per heavy atom. The fourth-order valence-electron chi connectivity index (χ4n) is 1.81. The lowest BCUT2D eigenvalue weighted by molar-refractivity contribution is 0.476. The molecule has 15 heavy (non-hydrogen) atoms. The minimum absolute atomic E-state index is 0.147. The van der Waals surface area contributed by atoms with Crippen LogP contribution in [0.2, 0.25) is 0 Å². The van der Waals surface area contributed by atoms with Crippen LogP contribution in [-0.2, 0) is 0 Å². The van der Waals surface area contributed by atoms with E-state index in [-0.39, 0.29) is 11.3 Å². The minimum Gasteiger partial charge on any atom is -0.508 e. The van der Waals surface area contributed by atoms with Gasteiger partial charge in [-0.15, -0.1) is 0 Å². The molecule has 0 radical (unpaired) electrons. The Morgan fingerprint density at radius 3 is 2.73 bits per heavy atom. The van der Waals surface area contributed by atoms with Gasteiger partial charge in [-0.3, -0.25) is 4.79 Å². The molecular formula is C11H8N2O2. The lowest BCUT2D eigenvalue weighted by atomic mass is 10.2. The van der Waals surface area contributed by atoms with E-state index in [1.165, 1.54) is 6.07 Å². The summed E-state index contributed by atoms with van der Waals surface area (Å²) < 4.78 is 0. The number of H-pyrrole nitrogens is 2. The molecule has 0 unspecified atom stereocenters. The van der Waals surface area contributed by atoms with Gasteiger partial charge in [0.1, 0.15) is 5.75 Å². The Kier molecular flexibility index (Phi) is 1.42. The fraction of sp³-hybridized carbons (Fsp3) is 0. The molecule has 4 heteroatoms. The molecule has 3 N–H and O–H groups in total. The van der Waals surface area contributed by atoms with E-state index < -0.39 is 0 Å². The van der Waals surface area contributed by atoms with Gasteiger partial charge < -0.3 is 15.1 Å².